The highest BCUT2D eigenvalue weighted by atomic mass is 16.5. The van der Waals surface area contributed by atoms with Crippen LogP contribution in [0.4, 0.5) is 0 Å². The highest BCUT2D eigenvalue weighted by Gasteiger charge is 2.08. The Morgan fingerprint density at radius 1 is 1.64 bits per heavy atom. The van der Waals surface area contributed by atoms with Crippen LogP contribution in [0, 0.1) is 5.53 Å². The Morgan fingerprint density at radius 3 is 2.93 bits per heavy atom. The van der Waals surface area contributed by atoms with E-state index in [9.17, 15) is 9.90 Å². The maximum absolute atomic E-state index is 11.1. The lowest BCUT2D eigenvalue weighted by Gasteiger charge is -2.03. The van der Waals surface area contributed by atoms with Crippen LogP contribution in [-0.2, 0) is 11.3 Å². The van der Waals surface area contributed by atoms with Gasteiger partial charge < -0.3 is 9.84 Å². The van der Waals surface area contributed by atoms with Gasteiger partial charge in [-0.25, -0.2) is 10.3 Å². The summed E-state index contributed by atoms with van der Waals surface area (Å²) >= 11 is 0. The van der Waals surface area contributed by atoms with E-state index in [-0.39, 0.29) is 12.3 Å². The lowest BCUT2D eigenvalue weighted by molar-refractivity contribution is 0.0600. The number of ether oxygens (including phenoxy) is 1. The molecule has 5 nitrogen and oxygen atoms in total. The molecular formula is C9H10N2O3. The van der Waals surface area contributed by atoms with Crippen LogP contribution in [0.5, 0.6) is 5.75 Å². The fourth-order valence-corrected chi connectivity index (χ4v) is 1.04. The third-order valence-electron chi connectivity index (χ3n) is 1.75. The van der Waals surface area contributed by atoms with Crippen LogP contribution in [0.25, 0.3) is 0 Å². The molecule has 14 heavy (non-hydrogen) atoms. The van der Waals surface area contributed by atoms with Gasteiger partial charge in [-0.3, -0.25) is 0 Å². The topological polar surface area (TPSA) is 82.7 Å². The smallest absolute Gasteiger partial charge is 0.337 e. The maximum atomic E-state index is 11.1. The number of phenolic OH excluding ortho intramolecular Hbond substituents is 1. The number of carbonyl (C=O) groups is 1. The van der Waals surface area contributed by atoms with Crippen molar-refractivity contribution in [1.82, 2.24) is 0 Å². The average Bonchev–Trinajstić information content (AvgIpc) is 2.20. The first-order chi connectivity index (χ1) is 6.69. The van der Waals surface area contributed by atoms with Crippen LogP contribution in [0.15, 0.2) is 23.3 Å². The summed E-state index contributed by atoms with van der Waals surface area (Å²) < 4.78 is 4.51. The van der Waals surface area contributed by atoms with E-state index in [1.807, 2.05) is 0 Å². The fourth-order valence-electron chi connectivity index (χ4n) is 1.04. The molecule has 1 aromatic rings. The Bertz CT molecular complexity index is 363. The van der Waals surface area contributed by atoms with Gasteiger partial charge in [0, 0.05) is 5.56 Å². The molecule has 0 saturated carbocycles. The zero-order valence-electron chi connectivity index (χ0n) is 7.65. The van der Waals surface area contributed by atoms with Crippen molar-refractivity contribution in [2.45, 2.75) is 6.54 Å². The predicted octanol–water partition coefficient (Wildman–Crippen LogP) is 1.71. The summed E-state index contributed by atoms with van der Waals surface area (Å²) in [5.74, 6) is -0.454. The Balaban J connectivity index is 3.05. The van der Waals surface area contributed by atoms with Gasteiger partial charge in [-0.2, -0.15) is 5.11 Å². The summed E-state index contributed by atoms with van der Waals surface area (Å²) in [5, 5.41) is 12.5. The first-order valence-electron chi connectivity index (χ1n) is 3.92. The number of aromatic hydroxyl groups is 1. The molecule has 0 aliphatic rings. The van der Waals surface area contributed by atoms with Gasteiger partial charge in [-0.05, 0) is 18.2 Å². The minimum Gasteiger partial charge on any atom is -0.508 e. The van der Waals surface area contributed by atoms with E-state index in [4.69, 9.17) is 5.53 Å². The number of hydrogen-bond acceptors (Lipinski definition) is 5. The molecule has 0 aliphatic carbocycles. The summed E-state index contributed by atoms with van der Waals surface area (Å²) in [4.78, 5) is 11.1. The molecule has 0 atom stereocenters. The quantitative estimate of drug-likeness (QED) is 0.567. The van der Waals surface area contributed by atoms with E-state index < -0.39 is 5.97 Å². The van der Waals surface area contributed by atoms with Crippen molar-refractivity contribution in [3.8, 4) is 5.75 Å². The Kier molecular flexibility index (Phi) is 3.17. The van der Waals surface area contributed by atoms with E-state index >= 15 is 0 Å². The van der Waals surface area contributed by atoms with Crippen LogP contribution in [0.2, 0.25) is 0 Å². The van der Waals surface area contributed by atoms with E-state index in [1.165, 1.54) is 25.3 Å². The molecule has 1 rings (SSSR count). The van der Waals surface area contributed by atoms with Gasteiger partial charge in [0.05, 0.1) is 19.2 Å². The van der Waals surface area contributed by atoms with Crippen LogP contribution in [-0.4, -0.2) is 18.2 Å². The number of benzene rings is 1. The lowest BCUT2D eigenvalue weighted by atomic mass is 10.1. The first-order valence-corrected chi connectivity index (χ1v) is 3.92. The van der Waals surface area contributed by atoms with Crippen molar-refractivity contribution >= 4 is 5.97 Å². The molecule has 0 aliphatic heterocycles. The van der Waals surface area contributed by atoms with Crippen molar-refractivity contribution in [2.75, 3.05) is 7.11 Å². The Hall–Kier alpha value is -1.91. The molecule has 0 fully saturated rings. The van der Waals surface area contributed by atoms with E-state index in [1.54, 1.807) is 0 Å². The highest BCUT2D eigenvalue weighted by Crippen LogP contribution is 2.19. The molecule has 0 aromatic heterocycles. The number of nitrogens with one attached hydrogen (secondary N) is 1. The SMILES string of the molecule is COC(=O)c1ccc(O)c(CN=N)c1. The third kappa shape index (κ3) is 2.07. The van der Waals surface area contributed by atoms with Gasteiger partial charge >= 0.3 is 5.97 Å². The van der Waals surface area contributed by atoms with Crippen molar-refractivity contribution < 1.29 is 14.6 Å². The van der Waals surface area contributed by atoms with Gasteiger partial charge in [-0.1, -0.05) is 0 Å². The van der Waals surface area contributed by atoms with Gasteiger partial charge in [0.25, 0.3) is 0 Å². The Morgan fingerprint density at radius 2 is 2.36 bits per heavy atom. The summed E-state index contributed by atoms with van der Waals surface area (Å²) in [5.41, 5.74) is 7.43. The van der Waals surface area contributed by atoms with Crippen molar-refractivity contribution in [3.63, 3.8) is 0 Å². The van der Waals surface area contributed by atoms with E-state index in [0.29, 0.717) is 11.1 Å². The van der Waals surface area contributed by atoms with Gasteiger partial charge in [-0.15, -0.1) is 0 Å². The van der Waals surface area contributed by atoms with Crippen LogP contribution >= 0.6 is 0 Å². The van der Waals surface area contributed by atoms with E-state index in [2.05, 4.69) is 9.85 Å². The zero-order valence-corrected chi connectivity index (χ0v) is 7.65. The maximum Gasteiger partial charge on any atom is 0.337 e. The molecule has 0 amide bonds. The molecule has 1 aromatic carbocycles. The van der Waals surface area contributed by atoms with Gasteiger partial charge in [0.2, 0.25) is 0 Å². The minimum absolute atomic E-state index is 0.0219. The second-order valence-electron chi connectivity index (χ2n) is 2.65. The van der Waals surface area contributed by atoms with Gasteiger partial charge in [0.15, 0.2) is 0 Å². The van der Waals surface area contributed by atoms with Crippen molar-refractivity contribution in [2.24, 2.45) is 5.11 Å². The second-order valence-corrected chi connectivity index (χ2v) is 2.65. The van der Waals surface area contributed by atoms with Crippen LogP contribution < -0.4 is 0 Å². The molecule has 0 bridgehead atoms. The number of phenols is 1. The van der Waals surface area contributed by atoms with Crippen LogP contribution in [0.1, 0.15) is 15.9 Å². The predicted molar refractivity (Wildman–Crippen MR) is 48.3 cm³/mol. The fraction of sp³-hybridized carbons (Fsp3) is 0.222. The molecule has 0 saturated heterocycles. The molecule has 0 radical (unpaired) electrons. The van der Waals surface area contributed by atoms with Crippen molar-refractivity contribution in [3.05, 3.63) is 29.3 Å². The standard InChI is InChI=1S/C9H10N2O3/c1-14-9(13)6-2-3-8(12)7(4-6)5-11-10/h2-4,10,12H,5H2,1H3. The Labute approximate surface area is 80.8 Å². The molecule has 2 N–H and O–H groups in total. The largest absolute Gasteiger partial charge is 0.508 e. The third-order valence-corrected chi connectivity index (χ3v) is 1.75. The van der Waals surface area contributed by atoms with Crippen LogP contribution in [0.3, 0.4) is 0 Å². The highest BCUT2D eigenvalue weighted by molar-refractivity contribution is 5.89. The molecule has 0 unspecified atom stereocenters. The number of nitrogens with zero attached hydrogens (tertiary/aromatic N) is 1. The number of methoxy groups -OCH3 is 1. The minimum atomic E-state index is -0.476. The second kappa shape index (κ2) is 4.36. The zero-order chi connectivity index (χ0) is 10.6. The molecule has 0 spiro atoms. The summed E-state index contributed by atoms with van der Waals surface area (Å²) in [7, 11) is 1.28. The monoisotopic (exact) mass is 194 g/mol. The number of esters is 1. The van der Waals surface area contributed by atoms with Crippen molar-refractivity contribution in [1.29, 1.82) is 5.53 Å². The normalized spacial score (nSPS) is 9.50. The number of carbonyl (C=O) groups excluding carboxylic acids is 1. The molecular weight excluding hydrogens is 184 g/mol. The first kappa shape index (κ1) is 10.2. The van der Waals surface area contributed by atoms with Gasteiger partial charge in [0.1, 0.15) is 5.75 Å². The molecule has 0 heterocycles. The number of hydrogen-bond donors (Lipinski definition) is 2. The summed E-state index contributed by atoms with van der Waals surface area (Å²) in [6.45, 7) is 0.0522. The number of rotatable bonds is 3. The van der Waals surface area contributed by atoms with E-state index in [0.717, 1.165) is 0 Å². The lowest BCUT2D eigenvalue weighted by Crippen LogP contribution is -2.01. The average molecular weight is 194 g/mol. The molecule has 74 valence electrons. The summed E-state index contributed by atoms with van der Waals surface area (Å²) in [6.07, 6.45) is 0. The summed E-state index contributed by atoms with van der Waals surface area (Å²) in [6, 6.07) is 4.29. The molecule has 5 heteroatoms.